The minimum Gasteiger partial charge on any atom is -0.369 e. The van der Waals surface area contributed by atoms with Crippen LogP contribution in [0.15, 0.2) is 4.99 Å². The van der Waals surface area contributed by atoms with Gasteiger partial charge in [-0.2, -0.15) is 0 Å². The van der Waals surface area contributed by atoms with Crippen LogP contribution >= 0.6 is 0 Å². The predicted molar refractivity (Wildman–Crippen MR) is 79.8 cm³/mol. The minimum absolute atomic E-state index is 0.186. The molecule has 0 aromatic carbocycles. The summed E-state index contributed by atoms with van der Waals surface area (Å²) in [6, 6.07) is -1.69. The molecule has 132 valence electrons. The molecule has 1 fully saturated rings. The molecule has 3 atom stereocenters. The number of carbonyl (C=O) groups is 2. The Bertz CT molecular complexity index is 444. The Balaban J connectivity index is 2.30. The monoisotopic (exact) mass is 332 g/mol. The summed E-state index contributed by atoms with van der Waals surface area (Å²) in [5, 5.41) is 22.2. The molecule has 0 aromatic rings. The summed E-state index contributed by atoms with van der Waals surface area (Å²) in [4.78, 5) is 27.0. The van der Waals surface area contributed by atoms with Crippen molar-refractivity contribution >= 4 is 17.8 Å². The van der Waals surface area contributed by atoms with Crippen LogP contribution in [0.4, 0.5) is 0 Å². The van der Waals surface area contributed by atoms with Gasteiger partial charge in [0.25, 0.3) is 0 Å². The number of aliphatic imine (C=N–C) groups is 1. The molecule has 1 heterocycles. The van der Waals surface area contributed by atoms with Gasteiger partial charge in [0.2, 0.25) is 17.8 Å². The summed E-state index contributed by atoms with van der Waals surface area (Å²) >= 11 is 0. The summed E-state index contributed by atoms with van der Waals surface area (Å²) in [6.45, 7) is 0.851. The van der Waals surface area contributed by atoms with E-state index in [0.717, 1.165) is 0 Å². The Kier molecular flexibility index (Phi) is 7.64. The van der Waals surface area contributed by atoms with Crippen LogP contribution in [-0.2, 0) is 9.59 Å². The van der Waals surface area contributed by atoms with Crippen LogP contribution in [0.3, 0.4) is 0 Å². The Labute approximate surface area is 132 Å². The predicted octanol–water partition coefficient (Wildman–Crippen LogP) is -3.67. The second-order valence-corrected chi connectivity index (χ2v) is 5.15. The molecule has 12 heteroatoms. The fourth-order valence-corrected chi connectivity index (χ4v) is 2.23. The van der Waals surface area contributed by atoms with E-state index in [4.69, 9.17) is 27.6 Å². The van der Waals surface area contributed by atoms with Crippen molar-refractivity contribution in [1.29, 1.82) is 0 Å². The van der Waals surface area contributed by atoms with Crippen molar-refractivity contribution < 1.29 is 20.0 Å². The zero-order valence-corrected chi connectivity index (χ0v) is 12.6. The molecule has 23 heavy (non-hydrogen) atoms. The number of carbonyl (C=O) groups excluding carboxylic acids is 2. The largest absolute Gasteiger partial charge is 0.369 e. The van der Waals surface area contributed by atoms with Gasteiger partial charge in [-0.3, -0.25) is 25.0 Å². The zero-order valence-electron chi connectivity index (χ0n) is 12.6. The normalized spacial score (nSPS) is 22.9. The van der Waals surface area contributed by atoms with Crippen molar-refractivity contribution in [1.82, 2.24) is 21.4 Å². The number of rotatable bonds is 8. The molecular formula is C11H24N8O4. The molecule has 0 aliphatic carbocycles. The van der Waals surface area contributed by atoms with Gasteiger partial charge in [-0.15, -0.1) is 0 Å². The van der Waals surface area contributed by atoms with E-state index in [1.807, 2.05) is 5.43 Å². The Hall–Kier alpha value is -1.99. The second-order valence-electron chi connectivity index (χ2n) is 5.15. The highest BCUT2D eigenvalue weighted by molar-refractivity contribution is 5.85. The van der Waals surface area contributed by atoms with Gasteiger partial charge in [0.1, 0.15) is 6.04 Å². The highest BCUT2D eigenvalue weighted by Gasteiger charge is 2.32. The first-order valence-electron chi connectivity index (χ1n) is 7.14. The van der Waals surface area contributed by atoms with Crippen LogP contribution in [0.1, 0.15) is 19.3 Å². The second kappa shape index (κ2) is 9.22. The molecular weight excluding hydrogens is 308 g/mol. The van der Waals surface area contributed by atoms with E-state index in [9.17, 15) is 9.59 Å². The van der Waals surface area contributed by atoms with Gasteiger partial charge in [-0.25, -0.2) is 5.43 Å². The van der Waals surface area contributed by atoms with Crippen molar-refractivity contribution in [3.63, 3.8) is 0 Å². The van der Waals surface area contributed by atoms with Crippen molar-refractivity contribution in [2.24, 2.45) is 22.2 Å². The van der Waals surface area contributed by atoms with Gasteiger partial charge in [-0.05, 0) is 25.8 Å². The molecule has 0 bridgehead atoms. The summed E-state index contributed by atoms with van der Waals surface area (Å²) in [5.41, 5.74) is 18.3. The Morgan fingerprint density at radius 1 is 1.39 bits per heavy atom. The van der Waals surface area contributed by atoms with Crippen LogP contribution in [0.2, 0.25) is 0 Å². The van der Waals surface area contributed by atoms with Gasteiger partial charge >= 0.3 is 0 Å². The molecule has 0 saturated carbocycles. The number of nitrogens with one attached hydrogen (secondary N) is 3. The molecule has 2 amide bonds. The van der Waals surface area contributed by atoms with Crippen LogP contribution in [0, 0.1) is 0 Å². The van der Waals surface area contributed by atoms with Crippen LogP contribution < -0.4 is 33.3 Å². The van der Waals surface area contributed by atoms with Crippen molar-refractivity contribution in [3.05, 3.63) is 0 Å². The number of hydrogen-bond donors (Lipinski definition) is 8. The summed E-state index contributed by atoms with van der Waals surface area (Å²) in [6.07, 6.45) is 1.43. The maximum atomic E-state index is 12.0. The first kappa shape index (κ1) is 19.1. The van der Waals surface area contributed by atoms with E-state index in [2.05, 4.69) is 15.6 Å². The van der Waals surface area contributed by atoms with Crippen LogP contribution in [-0.4, -0.2) is 64.7 Å². The number of guanidine groups is 1. The molecule has 0 aromatic heterocycles. The first-order chi connectivity index (χ1) is 10.8. The first-order valence-corrected chi connectivity index (χ1v) is 7.14. The molecule has 1 rings (SSSR count). The molecule has 0 radical (unpaired) electrons. The van der Waals surface area contributed by atoms with Gasteiger partial charge in [0.05, 0.1) is 12.1 Å². The molecule has 0 spiro atoms. The molecule has 1 aliphatic rings. The van der Waals surface area contributed by atoms with Gasteiger partial charge in [0.15, 0.2) is 0 Å². The highest BCUT2D eigenvalue weighted by atomic mass is 16.8. The maximum absolute atomic E-state index is 12.0. The smallest absolute Gasteiger partial charge is 0.237 e. The third-order valence-corrected chi connectivity index (χ3v) is 3.36. The van der Waals surface area contributed by atoms with Gasteiger partial charge in [0, 0.05) is 11.9 Å². The van der Waals surface area contributed by atoms with E-state index in [1.165, 1.54) is 0 Å². The highest BCUT2D eigenvalue weighted by Crippen LogP contribution is 2.07. The Morgan fingerprint density at radius 2 is 2.09 bits per heavy atom. The number of primary amides is 1. The average molecular weight is 332 g/mol. The number of hydrogen-bond acceptors (Lipinski definition) is 8. The quantitative estimate of drug-likeness (QED) is 0.0952. The third-order valence-electron chi connectivity index (χ3n) is 3.36. The fourth-order valence-electron chi connectivity index (χ4n) is 2.23. The number of nitrogens with two attached hydrogens (primary N) is 3. The van der Waals surface area contributed by atoms with E-state index in [1.54, 1.807) is 0 Å². The average Bonchev–Trinajstić information content (AvgIpc) is 2.90. The van der Waals surface area contributed by atoms with Crippen molar-refractivity contribution in [3.8, 4) is 0 Å². The van der Waals surface area contributed by atoms with E-state index in [0.29, 0.717) is 25.8 Å². The third kappa shape index (κ3) is 6.75. The lowest BCUT2D eigenvalue weighted by Gasteiger charge is -2.20. The summed E-state index contributed by atoms with van der Waals surface area (Å²) in [5.74, 6) is -1.06. The topological polar surface area (TPSA) is 204 Å². The number of amides is 2. The fraction of sp³-hybridized carbons (Fsp3) is 0.727. The lowest BCUT2D eigenvalue weighted by Crippen LogP contribution is -2.53. The van der Waals surface area contributed by atoms with Crippen molar-refractivity contribution in [2.75, 3.05) is 13.1 Å². The molecule has 11 N–H and O–H groups in total. The Morgan fingerprint density at radius 3 is 2.70 bits per heavy atom. The standard InChI is InChI=1S/C11H24N8O4/c12-6(2-1-4-16-11(14)18-19(22)23)10(21)17-7-3-5-15-8(7)9(13)20/h6-8,15,22-23H,1-5,12H2,(H2,13,20)(H,17,21)(H3,14,16,18)/t6-,7-,8-/m0/s1. The van der Waals surface area contributed by atoms with Crippen LogP contribution in [0.25, 0.3) is 0 Å². The molecule has 1 saturated heterocycles. The van der Waals surface area contributed by atoms with E-state index in [-0.39, 0.29) is 29.8 Å². The summed E-state index contributed by atoms with van der Waals surface area (Å²) < 4.78 is 0. The SMILES string of the molecule is NC(=O)[C@H]1NCC[C@@H]1NC(=O)[C@@H](N)CCCN=C(N)NN(O)O. The van der Waals surface area contributed by atoms with E-state index >= 15 is 0 Å². The number of nitrogens with zero attached hydrogens (tertiary/aromatic N) is 2. The van der Waals surface area contributed by atoms with Crippen LogP contribution in [0.5, 0.6) is 0 Å². The lowest BCUT2D eigenvalue weighted by atomic mass is 10.1. The maximum Gasteiger partial charge on any atom is 0.237 e. The van der Waals surface area contributed by atoms with Gasteiger partial charge in [-0.1, -0.05) is 0 Å². The van der Waals surface area contributed by atoms with Gasteiger partial charge < -0.3 is 27.8 Å². The van der Waals surface area contributed by atoms with E-state index < -0.39 is 18.0 Å². The molecule has 0 unspecified atom stereocenters. The minimum atomic E-state index is -0.749. The summed E-state index contributed by atoms with van der Waals surface area (Å²) in [7, 11) is 0. The van der Waals surface area contributed by atoms with Crippen molar-refractivity contribution in [2.45, 2.75) is 37.4 Å². The zero-order chi connectivity index (χ0) is 17.4. The molecule has 12 nitrogen and oxygen atoms in total. The lowest BCUT2D eigenvalue weighted by molar-refractivity contribution is -0.329. The molecule has 1 aliphatic heterocycles. The number of hydrazine groups is 1.